The van der Waals surface area contributed by atoms with E-state index in [9.17, 15) is 9.90 Å². The third-order valence-electron chi connectivity index (χ3n) is 7.92. The SMILES string of the molecule is CC(C)CCOCCOCCOCCOCCOCCN(CCCCc1ccc2c(n1)NCCC2)CC[C@H](Nc1ccncn1)C(=O)O. The average Bonchev–Trinajstić information content (AvgIpc) is 3.09. The van der Waals surface area contributed by atoms with Crippen LogP contribution in [0.3, 0.4) is 0 Å². The maximum atomic E-state index is 12.0. The van der Waals surface area contributed by atoms with Gasteiger partial charge in [-0.3, -0.25) is 0 Å². The molecule has 0 aliphatic carbocycles. The van der Waals surface area contributed by atoms with Crippen molar-refractivity contribution >= 4 is 17.6 Å². The lowest BCUT2D eigenvalue weighted by molar-refractivity contribution is -0.138. The van der Waals surface area contributed by atoms with E-state index in [2.05, 4.69) is 51.5 Å². The number of carbonyl (C=O) groups is 1. The van der Waals surface area contributed by atoms with Crippen LogP contribution in [0, 0.1) is 5.92 Å². The first-order valence-electron chi connectivity index (χ1n) is 17.6. The second-order valence-corrected chi connectivity index (χ2v) is 12.3. The lowest BCUT2D eigenvalue weighted by atomic mass is 10.1. The van der Waals surface area contributed by atoms with E-state index in [4.69, 9.17) is 28.7 Å². The summed E-state index contributed by atoms with van der Waals surface area (Å²) in [5, 5.41) is 16.2. The van der Waals surface area contributed by atoms with Crippen molar-refractivity contribution in [3.05, 3.63) is 42.0 Å². The Morgan fingerprint density at radius 2 is 1.56 bits per heavy atom. The molecule has 13 nitrogen and oxygen atoms in total. The predicted octanol–water partition coefficient (Wildman–Crippen LogP) is 3.94. The minimum Gasteiger partial charge on any atom is -0.480 e. The number of carboxylic acids is 1. The van der Waals surface area contributed by atoms with Crippen molar-refractivity contribution in [2.75, 3.05) is 103 Å². The molecular weight excluding hydrogens is 616 g/mol. The summed E-state index contributed by atoms with van der Waals surface area (Å²) in [5.41, 5.74) is 2.41. The van der Waals surface area contributed by atoms with Crippen LogP contribution in [0.1, 0.15) is 57.2 Å². The number of unbranched alkanes of at least 4 members (excludes halogenated alkanes) is 1. The number of anilines is 2. The van der Waals surface area contributed by atoms with Gasteiger partial charge in [0, 0.05) is 38.1 Å². The Balaban J connectivity index is 1.28. The second kappa shape index (κ2) is 25.1. The molecule has 3 rings (SSSR count). The second-order valence-electron chi connectivity index (χ2n) is 12.3. The van der Waals surface area contributed by atoms with Crippen LogP contribution in [-0.2, 0) is 41.3 Å². The lowest BCUT2D eigenvalue weighted by Gasteiger charge is -2.24. The molecule has 2 aromatic heterocycles. The molecule has 1 aliphatic heterocycles. The summed E-state index contributed by atoms with van der Waals surface area (Å²) >= 11 is 0. The first-order chi connectivity index (χ1) is 23.5. The van der Waals surface area contributed by atoms with Gasteiger partial charge in [0.2, 0.25) is 0 Å². The standard InChI is InChI=1S/C35H58N6O7/c1-29(2)12-18-44-20-22-46-24-26-48-27-25-47-23-21-45-19-17-41(16-11-32(35(42)43)40-33-10-14-36-28-38-33)15-4-3-7-31-9-8-30-6-5-13-37-34(30)39-31/h8-10,14,28-29,32H,3-7,11-13,15-27H2,1-2H3,(H,37,39)(H,42,43)(H,36,38,40)/t32-/m0/s1. The van der Waals surface area contributed by atoms with Crippen molar-refractivity contribution in [3.8, 4) is 0 Å². The van der Waals surface area contributed by atoms with Crippen LogP contribution in [0.4, 0.5) is 11.6 Å². The van der Waals surface area contributed by atoms with Gasteiger partial charge in [0.25, 0.3) is 0 Å². The molecule has 0 saturated heterocycles. The van der Waals surface area contributed by atoms with E-state index in [0.717, 1.165) is 69.7 Å². The molecule has 0 spiro atoms. The molecule has 2 aromatic rings. The smallest absolute Gasteiger partial charge is 0.326 e. The summed E-state index contributed by atoms with van der Waals surface area (Å²) in [4.78, 5) is 27.1. The number of hydrogen-bond acceptors (Lipinski definition) is 12. The monoisotopic (exact) mass is 674 g/mol. The Hall–Kier alpha value is -2.94. The van der Waals surface area contributed by atoms with E-state index < -0.39 is 12.0 Å². The largest absolute Gasteiger partial charge is 0.480 e. The Morgan fingerprint density at radius 1 is 0.875 bits per heavy atom. The van der Waals surface area contributed by atoms with Gasteiger partial charge >= 0.3 is 5.97 Å². The number of nitrogens with one attached hydrogen (secondary N) is 2. The summed E-state index contributed by atoms with van der Waals surface area (Å²) in [7, 11) is 0. The highest BCUT2D eigenvalue weighted by molar-refractivity contribution is 5.76. The van der Waals surface area contributed by atoms with Crippen LogP contribution in [0.25, 0.3) is 0 Å². The highest BCUT2D eigenvalue weighted by Gasteiger charge is 2.19. The molecule has 0 radical (unpaired) electrons. The molecule has 1 aliphatic rings. The topological polar surface area (TPSA) is 149 Å². The first-order valence-corrected chi connectivity index (χ1v) is 17.6. The van der Waals surface area contributed by atoms with Gasteiger partial charge in [-0.1, -0.05) is 19.9 Å². The number of hydrogen-bond donors (Lipinski definition) is 3. The lowest BCUT2D eigenvalue weighted by Crippen LogP contribution is -2.37. The van der Waals surface area contributed by atoms with Crippen LogP contribution in [0.5, 0.6) is 0 Å². The molecule has 0 unspecified atom stereocenters. The Morgan fingerprint density at radius 3 is 2.21 bits per heavy atom. The number of nitrogens with zero attached hydrogens (tertiary/aromatic N) is 4. The Labute approximate surface area is 286 Å². The fourth-order valence-corrected chi connectivity index (χ4v) is 5.10. The van der Waals surface area contributed by atoms with Gasteiger partial charge in [0.05, 0.1) is 59.5 Å². The number of ether oxygens (including phenoxy) is 5. The van der Waals surface area contributed by atoms with Gasteiger partial charge in [-0.25, -0.2) is 19.7 Å². The predicted molar refractivity (Wildman–Crippen MR) is 186 cm³/mol. The zero-order valence-corrected chi connectivity index (χ0v) is 29.1. The molecule has 0 fully saturated rings. The highest BCUT2D eigenvalue weighted by atomic mass is 16.6. The molecule has 0 saturated carbocycles. The van der Waals surface area contributed by atoms with E-state index in [1.807, 2.05) is 0 Å². The van der Waals surface area contributed by atoms with Crippen molar-refractivity contribution in [3.63, 3.8) is 0 Å². The molecule has 13 heteroatoms. The summed E-state index contributed by atoms with van der Waals surface area (Å²) in [6, 6.07) is 5.25. The zero-order valence-electron chi connectivity index (χ0n) is 29.1. The van der Waals surface area contributed by atoms with Crippen molar-refractivity contribution in [1.29, 1.82) is 0 Å². The van der Waals surface area contributed by atoms with Gasteiger partial charge in [-0.05, 0) is 75.1 Å². The number of fused-ring (bicyclic) bond motifs is 1. The zero-order chi connectivity index (χ0) is 34.1. The van der Waals surface area contributed by atoms with Crippen LogP contribution in [-0.4, -0.2) is 129 Å². The highest BCUT2D eigenvalue weighted by Crippen LogP contribution is 2.20. The molecule has 0 aromatic carbocycles. The van der Waals surface area contributed by atoms with E-state index in [1.165, 1.54) is 11.9 Å². The quantitative estimate of drug-likeness (QED) is 0.107. The van der Waals surface area contributed by atoms with Crippen LogP contribution < -0.4 is 10.6 Å². The van der Waals surface area contributed by atoms with Gasteiger partial charge in [0.1, 0.15) is 24.0 Å². The maximum absolute atomic E-state index is 12.0. The Kier molecular flexibility index (Phi) is 20.6. The van der Waals surface area contributed by atoms with Gasteiger partial charge < -0.3 is 44.3 Å². The van der Waals surface area contributed by atoms with Gasteiger partial charge in [-0.15, -0.1) is 0 Å². The number of carboxylic acid groups (broad SMARTS) is 1. The van der Waals surface area contributed by atoms with E-state index in [0.29, 0.717) is 90.7 Å². The fraction of sp³-hybridized carbons (Fsp3) is 0.714. The molecule has 3 heterocycles. The van der Waals surface area contributed by atoms with Crippen LogP contribution in [0.15, 0.2) is 30.7 Å². The van der Waals surface area contributed by atoms with Gasteiger partial charge in [-0.2, -0.15) is 0 Å². The normalized spacial score (nSPS) is 13.4. The molecule has 270 valence electrons. The molecule has 0 amide bonds. The van der Waals surface area contributed by atoms with Crippen molar-refractivity contribution in [1.82, 2.24) is 19.9 Å². The summed E-state index contributed by atoms with van der Waals surface area (Å²) < 4.78 is 28.1. The van der Waals surface area contributed by atoms with E-state index in [1.54, 1.807) is 12.3 Å². The summed E-state index contributed by atoms with van der Waals surface area (Å²) in [6.07, 6.45) is 9.61. The number of rotatable bonds is 29. The van der Waals surface area contributed by atoms with Crippen LogP contribution >= 0.6 is 0 Å². The summed E-state index contributed by atoms with van der Waals surface area (Å²) in [6.45, 7) is 13.1. The number of aryl methyl sites for hydroxylation is 2. The third-order valence-corrected chi connectivity index (χ3v) is 7.92. The summed E-state index contributed by atoms with van der Waals surface area (Å²) in [5.74, 6) is 1.27. The Bertz CT molecular complexity index is 1110. The van der Waals surface area contributed by atoms with Crippen LogP contribution in [0.2, 0.25) is 0 Å². The average molecular weight is 675 g/mol. The first kappa shape index (κ1) is 39.5. The van der Waals surface area contributed by atoms with E-state index in [-0.39, 0.29) is 0 Å². The van der Waals surface area contributed by atoms with Gasteiger partial charge in [0.15, 0.2) is 0 Å². The third kappa shape index (κ3) is 18.0. The minimum absolute atomic E-state index is 0.428. The maximum Gasteiger partial charge on any atom is 0.326 e. The molecule has 0 bridgehead atoms. The fourth-order valence-electron chi connectivity index (χ4n) is 5.10. The van der Waals surface area contributed by atoms with Crippen molar-refractivity contribution in [2.45, 2.75) is 64.8 Å². The van der Waals surface area contributed by atoms with Crippen molar-refractivity contribution in [2.24, 2.45) is 5.92 Å². The molecule has 48 heavy (non-hydrogen) atoms. The molecule has 1 atom stereocenters. The number of aliphatic carboxylic acids is 1. The number of aromatic nitrogens is 3. The molecular formula is C35H58N6O7. The molecule has 3 N–H and O–H groups in total. The number of pyridine rings is 1. The van der Waals surface area contributed by atoms with Crippen molar-refractivity contribution < 1.29 is 33.6 Å². The minimum atomic E-state index is -0.910. The van der Waals surface area contributed by atoms with E-state index >= 15 is 0 Å².